The van der Waals surface area contributed by atoms with Gasteiger partial charge in [-0.2, -0.15) is 0 Å². The Hall–Kier alpha value is -2.63. The molecule has 5 heteroatoms. The third kappa shape index (κ3) is 2.91. The molecule has 0 unspecified atom stereocenters. The van der Waals surface area contributed by atoms with Crippen LogP contribution in [0, 0.1) is 0 Å². The Morgan fingerprint density at radius 3 is 2.79 bits per heavy atom. The summed E-state index contributed by atoms with van der Waals surface area (Å²) < 4.78 is 5.73. The highest BCUT2D eigenvalue weighted by atomic mass is 32.1. The van der Waals surface area contributed by atoms with Crippen molar-refractivity contribution in [1.82, 2.24) is 5.48 Å². The van der Waals surface area contributed by atoms with E-state index in [2.05, 4.69) is 5.48 Å². The Bertz CT molecular complexity index is 873. The number of hydroxylamine groups is 1. The van der Waals surface area contributed by atoms with E-state index in [9.17, 15) is 4.79 Å². The lowest BCUT2D eigenvalue weighted by molar-refractivity contribution is 0.0237. The van der Waals surface area contributed by atoms with Gasteiger partial charge in [-0.3, -0.25) is 9.63 Å². The van der Waals surface area contributed by atoms with E-state index < -0.39 is 0 Å². The van der Waals surface area contributed by atoms with E-state index >= 15 is 0 Å². The molecule has 120 valence electrons. The predicted molar refractivity (Wildman–Crippen MR) is 92.8 cm³/mol. The fourth-order valence-electron chi connectivity index (χ4n) is 2.62. The van der Waals surface area contributed by atoms with Gasteiger partial charge in [-0.1, -0.05) is 42.5 Å². The molecule has 1 aliphatic heterocycles. The summed E-state index contributed by atoms with van der Waals surface area (Å²) >= 11 is 1.46. The summed E-state index contributed by atoms with van der Waals surface area (Å²) in [6.07, 6.45) is 0. The minimum atomic E-state index is -0.234. The summed E-state index contributed by atoms with van der Waals surface area (Å²) in [7, 11) is 0. The van der Waals surface area contributed by atoms with Crippen molar-refractivity contribution in [3.63, 3.8) is 0 Å². The lowest BCUT2D eigenvalue weighted by atomic mass is 10.1. The van der Waals surface area contributed by atoms with Crippen molar-refractivity contribution in [2.45, 2.75) is 13.2 Å². The van der Waals surface area contributed by atoms with Gasteiger partial charge in [0.1, 0.15) is 12.4 Å². The van der Waals surface area contributed by atoms with Gasteiger partial charge in [0, 0.05) is 16.0 Å². The summed E-state index contributed by atoms with van der Waals surface area (Å²) in [4.78, 5) is 19.3. The first-order valence-corrected chi connectivity index (χ1v) is 8.44. The average molecular weight is 337 g/mol. The van der Waals surface area contributed by atoms with Crippen molar-refractivity contribution >= 4 is 17.2 Å². The number of hydrogen-bond donors (Lipinski definition) is 1. The lowest BCUT2D eigenvalue weighted by Crippen LogP contribution is -2.22. The van der Waals surface area contributed by atoms with Crippen LogP contribution in [0.2, 0.25) is 0 Å². The van der Waals surface area contributed by atoms with E-state index in [1.807, 2.05) is 60.7 Å². The molecule has 1 amide bonds. The number of para-hydroxylation sites is 1. The van der Waals surface area contributed by atoms with E-state index in [-0.39, 0.29) is 5.91 Å². The highest BCUT2D eigenvalue weighted by Crippen LogP contribution is 2.42. The molecule has 0 radical (unpaired) electrons. The zero-order valence-corrected chi connectivity index (χ0v) is 13.6. The second-order valence-electron chi connectivity index (χ2n) is 5.46. The number of fused-ring (bicyclic) bond motifs is 3. The molecule has 0 bridgehead atoms. The number of amides is 1. The summed E-state index contributed by atoms with van der Waals surface area (Å²) in [5.41, 5.74) is 5.59. The van der Waals surface area contributed by atoms with Crippen LogP contribution in [-0.2, 0) is 18.1 Å². The molecular weight excluding hydrogens is 322 g/mol. The number of hydrogen-bond acceptors (Lipinski definition) is 4. The third-order valence-corrected chi connectivity index (χ3v) is 5.00. The van der Waals surface area contributed by atoms with E-state index in [1.165, 1.54) is 11.3 Å². The van der Waals surface area contributed by atoms with Crippen LogP contribution in [-0.4, -0.2) is 5.91 Å². The first kappa shape index (κ1) is 14.9. The largest absolute Gasteiger partial charge is 0.488 e. The van der Waals surface area contributed by atoms with Crippen LogP contribution >= 0.6 is 11.3 Å². The first-order chi connectivity index (χ1) is 11.8. The average Bonchev–Trinajstić information content (AvgIpc) is 3.07. The quantitative estimate of drug-likeness (QED) is 0.727. The molecule has 0 saturated carbocycles. The highest BCUT2D eigenvalue weighted by Gasteiger charge is 2.22. The maximum Gasteiger partial charge on any atom is 0.284 e. The molecule has 2 heterocycles. The van der Waals surface area contributed by atoms with Crippen molar-refractivity contribution in [2.24, 2.45) is 0 Å². The SMILES string of the molecule is O=C(NOCc1ccccc1)c1cc2c(s1)-c1ccccc1OC2. The molecule has 0 aliphatic carbocycles. The van der Waals surface area contributed by atoms with E-state index in [4.69, 9.17) is 9.57 Å². The number of benzene rings is 2. The summed E-state index contributed by atoms with van der Waals surface area (Å²) in [5.74, 6) is 0.627. The van der Waals surface area contributed by atoms with Gasteiger partial charge >= 0.3 is 0 Å². The molecule has 1 aromatic heterocycles. The Morgan fingerprint density at radius 1 is 1.12 bits per heavy atom. The molecule has 4 nitrogen and oxygen atoms in total. The summed E-state index contributed by atoms with van der Waals surface area (Å²) in [6.45, 7) is 0.824. The van der Waals surface area contributed by atoms with Crippen LogP contribution in [0.3, 0.4) is 0 Å². The number of rotatable bonds is 4. The van der Waals surface area contributed by atoms with Crippen molar-refractivity contribution < 1.29 is 14.4 Å². The monoisotopic (exact) mass is 337 g/mol. The van der Waals surface area contributed by atoms with Gasteiger partial charge in [-0.25, -0.2) is 5.48 Å². The summed E-state index contributed by atoms with van der Waals surface area (Å²) in [5, 5.41) is 0. The van der Waals surface area contributed by atoms with Gasteiger partial charge < -0.3 is 4.74 Å². The molecule has 1 N–H and O–H groups in total. The highest BCUT2D eigenvalue weighted by molar-refractivity contribution is 7.17. The Balaban J connectivity index is 1.46. The second kappa shape index (κ2) is 6.47. The number of carbonyl (C=O) groups excluding carboxylic acids is 1. The third-order valence-electron chi connectivity index (χ3n) is 3.79. The molecule has 3 aromatic rings. The predicted octanol–water partition coefficient (Wildman–Crippen LogP) is 4.17. The molecule has 1 aliphatic rings. The summed E-state index contributed by atoms with van der Waals surface area (Å²) in [6, 6.07) is 19.5. The van der Waals surface area contributed by atoms with E-state index in [0.717, 1.165) is 27.3 Å². The number of thiophene rings is 1. The minimum Gasteiger partial charge on any atom is -0.488 e. The smallest absolute Gasteiger partial charge is 0.284 e. The molecular formula is C19H15NO3S. The molecule has 0 saturated heterocycles. The maximum atomic E-state index is 12.3. The topological polar surface area (TPSA) is 47.6 Å². The Morgan fingerprint density at radius 2 is 1.92 bits per heavy atom. The Kier molecular flexibility index (Phi) is 4.02. The number of ether oxygens (including phenoxy) is 1. The van der Waals surface area contributed by atoms with Crippen LogP contribution in [0.4, 0.5) is 0 Å². The maximum absolute atomic E-state index is 12.3. The Labute approximate surface area is 143 Å². The van der Waals surface area contributed by atoms with Gasteiger partial charge in [-0.05, 0) is 23.8 Å². The van der Waals surface area contributed by atoms with Crippen LogP contribution in [0.5, 0.6) is 5.75 Å². The van der Waals surface area contributed by atoms with Gasteiger partial charge in [0.2, 0.25) is 0 Å². The van der Waals surface area contributed by atoms with Crippen molar-refractivity contribution in [3.05, 3.63) is 76.7 Å². The minimum absolute atomic E-state index is 0.234. The molecule has 4 rings (SSSR count). The van der Waals surface area contributed by atoms with Gasteiger partial charge in [0.05, 0.1) is 11.5 Å². The fourth-order valence-corrected chi connectivity index (χ4v) is 3.70. The van der Waals surface area contributed by atoms with Gasteiger partial charge in [-0.15, -0.1) is 11.3 Å². The van der Waals surface area contributed by atoms with Crippen molar-refractivity contribution in [3.8, 4) is 16.2 Å². The van der Waals surface area contributed by atoms with Crippen LogP contribution in [0.25, 0.3) is 10.4 Å². The number of nitrogens with one attached hydrogen (secondary N) is 1. The van der Waals surface area contributed by atoms with Crippen molar-refractivity contribution in [2.75, 3.05) is 0 Å². The van der Waals surface area contributed by atoms with E-state index in [1.54, 1.807) is 0 Å². The second-order valence-corrected chi connectivity index (χ2v) is 6.51. The first-order valence-electron chi connectivity index (χ1n) is 7.62. The lowest BCUT2D eigenvalue weighted by Gasteiger charge is -2.16. The molecule has 24 heavy (non-hydrogen) atoms. The fraction of sp³-hybridized carbons (Fsp3) is 0.105. The molecule has 0 fully saturated rings. The van der Waals surface area contributed by atoms with Gasteiger partial charge in [0.15, 0.2) is 0 Å². The zero-order chi connectivity index (χ0) is 16.4. The normalized spacial score (nSPS) is 12.0. The van der Waals surface area contributed by atoms with Gasteiger partial charge in [0.25, 0.3) is 5.91 Å². The van der Waals surface area contributed by atoms with Crippen molar-refractivity contribution in [1.29, 1.82) is 0 Å². The van der Waals surface area contributed by atoms with Crippen LogP contribution in [0.1, 0.15) is 20.8 Å². The van der Waals surface area contributed by atoms with Crippen LogP contribution < -0.4 is 10.2 Å². The van der Waals surface area contributed by atoms with Crippen LogP contribution in [0.15, 0.2) is 60.7 Å². The molecule has 0 atom stereocenters. The molecule has 0 spiro atoms. The molecule has 2 aromatic carbocycles. The number of carbonyl (C=O) groups is 1. The zero-order valence-electron chi connectivity index (χ0n) is 12.8. The standard InChI is InChI=1S/C19H15NO3S/c21-19(20-23-11-13-6-2-1-3-7-13)17-10-14-12-22-16-9-5-4-8-15(16)18(14)24-17/h1-10H,11-12H2,(H,20,21). The van der Waals surface area contributed by atoms with E-state index in [0.29, 0.717) is 18.1 Å².